The molecule has 2 saturated carbocycles. The number of carbonyl (C=O) groups excluding carboxylic acids is 4. The number of hydrogen-bond acceptors (Lipinski definition) is 10. The topological polar surface area (TPSA) is 179 Å². The Kier molecular flexibility index (Phi) is 10.3. The number of rotatable bonds is 8. The summed E-state index contributed by atoms with van der Waals surface area (Å²) in [5.74, 6) is -2.27. The molecule has 2 aliphatic carbocycles. The lowest BCUT2D eigenvalue weighted by Gasteiger charge is -2.29. The number of amides is 3. The van der Waals surface area contributed by atoms with E-state index in [0.29, 0.717) is 59.5 Å². The molecular formula is C42H47FN6O8S. The fraction of sp³-hybridized carbons (Fsp3) is 0.476. The fourth-order valence-corrected chi connectivity index (χ4v) is 9.69. The highest BCUT2D eigenvalue weighted by Gasteiger charge is 2.62. The van der Waals surface area contributed by atoms with Gasteiger partial charge < -0.3 is 19.7 Å². The Morgan fingerprint density at radius 3 is 2.55 bits per heavy atom. The maximum Gasteiger partial charge on any atom is 0.272 e. The second-order valence-corrected chi connectivity index (χ2v) is 18.6. The lowest BCUT2D eigenvalue weighted by molar-refractivity contribution is -0.140. The molecule has 3 fully saturated rings. The Morgan fingerprint density at radius 2 is 1.81 bits per heavy atom. The molecule has 0 radical (unpaired) electrons. The Bertz CT molecular complexity index is 2470. The molecule has 5 atom stereocenters. The van der Waals surface area contributed by atoms with Gasteiger partial charge in [0.1, 0.15) is 29.4 Å². The van der Waals surface area contributed by atoms with Crippen LogP contribution in [0.2, 0.25) is 0 Å². The highest BCUT2D eigenvalue weighted by molar-refractivity contribution is 7.91. The first kappa shape index (κ1) is 39.4. The van der Waals surface area contributed by atoms with Crippen LogP contribution in [0, 0.1) is 17.2 Å². The van der Waals surface area contributed by atoms with Crippen LogP contribution in [0.3, 0.4) is 0 Å². The van der Waals surface area contributed by atoms with Crippen LogP contribution in [-0.4, -0.2) is 88.2 Å². The summed E-state index contributed by atoms with van der Waals surface area (Å²) in [6.07, 6.45) is 8.76. The van der Waals surface area contributed by atoms with Gasteiger partial charge in [0.15, 0.2) is 5.78 Å². The average molecular weight is 815 g/mol. The van der Waals surface area contributed by atoms with E-state index in [0.717, 1.165) is 12.8 Å². The van der Waals surface area contributed by atoms with Gasteiger partial charge in [-0.3, -0.25) is 28.6 Å². The molecule has 4 aliphatic rings. The number of pyridine rings is 1. The molecule has 2 aromatic carbocycles. The summed E-state index contributed by atoms with van der Waals surface area (Å²) in [5.41, 5.74) is -0.692. The Hall–Kier alpha value is -5.38. The van der Waals surface area contributed by atoms with Crippen LogP contribution in [0.1, 0.15) is 81.6 Å². The Labute approximate surface area is 335 Å². The molecule has 0 spiro atoms. The van der Waals surface area contributed by atoms with Gasteiger partial charge in [-0.05, 0) is 93.2 Å². The molecule has 0 unspecified atom stereocenters. The van der Waals surface area contributed by atoms with Gasteiger partial charge in [0.25, 0.3) is 5.91 Å². The van der Waals surface area contributed by atoms with E-state index in [1.54, 1.807) is 50.5 Å². The number of hydrogen-bond donors (Lipinski definition) is 2. The van der Waals surface area contributed by atoms with Crippen molar-refractivity contribution < 1.29 is 41.5 Å². The monoisotopic (exact) mass is 814 g/mol. The Morgan fingerprint density at radius 1 is 1.02 bits per heavy atom. The van der Waals surface area contributed by atoms with E-state index in [9.17, 15) is 32.0 Å². The van der Waals surface area contributed by atoms with Gasteiger partial charge in [0, 0.05) is 42.9 Å². The SMILES string of the molecule is COc1ccc2c(c1)nc(O[C@@H]1C[C@H]3C(=O)C[C@]4(C(=O)NS(=O)(=O)C5(C)CC5)C[C@H]4/C=C\CCCCC[C@H](NC(=O)c4ccn(C)n4)C(=O)N3C1)c1ccc(F)cc12. The molecule has 1 saturated heterocycles. The van der Waals surface area contributed by atoms with Crippen molar-refractivity contribution >= 4 is 55.2 Å². The minimum absolute atomic E-state index is 0.0283. The van der Waals surface area contributed by atoms with Crippen LogP contribution in [0.4, 0.5) is 4.39 Å². The summed E-state index contributed by atoms with van der Waals surface area (Å²) in [5, 5.41) is 8.82. The third-order valence-electron chi connectivity index (χ3n) is 12.3. The van der Waals surface area contributed by atoms with Crippen LogP contribution in [-0.2, 0) is 31.5 Å². The van der Waals surface area contributed by atoms with Crippen LogP contribution in [0.5, 0.6) is 11.6 Å². The zero-order valence-corrected chi connectivity index (χ0v) is 33.5. The summed E-state index contributed by atoms with van der Waals surface area (Å²) >= 11 is 0. The predicted octanol–water partition coefficient (Wildman–Crippen LogP) is 4.90. The minimum atomic E-state index is -3.99. The molecule has 3 amide bonds. The molecule has 4 aromatic rings. The van der Waals surface area contributed by atoms with E-state index in [-0.39, 0.29) is 43.3 Å². The normalized spacial score (nSPS) is 26.5. The van der Waals surface area contributed by atoms with Gasteiger partial charge in [0.05, 0.1) is 35.4 Å². The minimum Gasteiger partial charge on any atom is -0.497 e. The largest absolute Gasteiger partial charge is 0.497 e. The first-order valence-corrected chi connectivity index (χ1v) is 21.3. The fourth-order valence-electron chi connectivity index (χ4n) is 8.36. The molecule has 2 aromatic heterocycles. The molecule has 306 valence electrons. The standard InChI is InChI=1S/C42H47FN6O8S/c1-41(16-17-41)58(54,55)47-40(53)42-22-25(42)9-7-5-4-6-8-10-33(44-37(51)32-15-18-48(2)46-32)39(52)49-24-28(21-35(49)36(50)23-42)57-38-30-13-11-26(43)19-31(30)29-14-12-27(56-3)20-34(29)45-38/h7,9,11-15,18-20,25,28,33,35H,4-6,8,10,16-17,21-24H2,1-3H3,(H,44,51)(H,47,53)/b9-7-/t25-,28-,33+,35+,42-/m1/s1. The van der Waals surface area contributed by atoms with Crippen molar-refractivity contribution in [3.8, 4) is 11.6 Å². The molecule has 4 heterocycles. The molecule has 2 aliphatic heterocycles. The van der Waals surface area contributed by atoms with Crippen LogP contribution >= 0.6 is 0 Å². The Balaban J connectivity index is 1.14. The maximum absolute atomic E-state index is 14.7. The highest BCUT2D eigenvalue weighted by atomic mass is 32.2. The third-order valence-corrected chi connectivity index (χ3v) is 14.5. The predicted molar refractivity (Wildman–Crippen MR) is 212 cm³/mol. The van der Waals surface area contributed by atoms with Crippen molar-refractivity contribution in [1.82, 2.24) is 29.7 Å². The number of ketones is 1. The third kappa shape index (κ3) is 7.53. The van der Waals surface area contributed by atoms with Crippen LogP contribution in [0.25, 0.3) is 21.7 Å². The van der Waals surface area contributed by atoms with Gasteiger partial charge in [-0.15, -0.1) is 0 Å². The van der Waals surface area contributed by atoms with Crippen molar-refractivity contribution in [2.24, 2.45) is 18.4 Å². The number of aromatic nitrogens is 3. The van der Waals surface area contributed by atoms with Crippen LogP contribution in [0.15, 0.2) is 60.8 Å². The second-order valence-electron chi connectivity index (χ2n) is 16.4. The van der Waals surface area contributed by atoms with Crippen molar-refractivity contribution in [1.29, 1.82) is 0 Å². The summed E-state index contributed by atoms with van der Waals surface area (Å²) in [6, 6.07) is 9.00. The number of nitrogens with one attached hydrogen (secondary N) is 2. The number of ether oxygens (including phenoxy) is 2. The molecule has 8 rings (SSSR count). The van der Waals surface area contributed by atoms with E-state index in [1.807, 2.05) is 12.2 Å². The lowest BCUT2D eigenvalue weighted by atomic mass is 9.91. The molecule has 14 nitrogen and oxygen atoms in total. The number of aryl methyl sites for hydroxylation is 1. The van der Waals surface area contributed by atoms with E-state index in [2.05, 4.69) is 15.1 Å². The van der Waals surface area contributed by atoms with Crippen molar-refractivity contribution in [2.45, 2.75) is 94.1 Å². The quantitative estimate of drug-likeness (QED) is 0.184. The zero-order valence-electron chi connectivity index (χ0n) is 32.7. The van der Waals surface area contributed by atoms with Crippen molar-refractivity contribution in [3.63, 3.8) is 0 Å². The number of benzene rings is 2. The van der Waals surface area contributed by atoms with Gasteiger partial charge in [-0.1, -0.05) is 25.0 Å². The van der Waals surface area contributed by atoms with Gasteiger partial charge in [-0.25, -0.2) is 17.8 Å². The van der Waals surface area contributed by atoms with Crippen molar-refractivity contribution in [2.75, 3.05) is 13.7 Å². The number of nitrogens with zero attached hydrogens (tertiary/aromatic N) is 4. The first-order chi connectivity index (χ1) is 27.7. The number of allylic oxidation sites excluding steroid dienone is 2. The molecular weight excluding hydrogens is 768 g/mol. The smallest absolute Gasteiger partial charge is 0.272 e. The van der Waals surface area contributed by atoms with E-state index in [1.165, 1.54) is 28.8 Å². The zero-order chi connectivity index (χ0) is 41.0. The summed E-state index contributed by atoms with van der Waals surface area (Å²) in [4.78, 5) is 63.0. The van der Waals surface area contributed by atoms with Gasteiger partial charge in [0.2, 0.25) is 27.7 Å². The van der Waals surface area contributed by atoms with Gasteiger partial charge in [-0.2, -0.15) is 5.10 Å². The first-order valence-electron chi connectivity index (χ1n) is 19.8. The van der Waals surface area contributed by atoms with Gasteiger partial charge >= 0.3 is 0 Å². The van der Waals surface area contributed by atoms with E-state index >= 15 is 0 Å². The number of sulfonamides is 1. The van der Waals surface area contributed by atoms with Crippen molar-refractivity contribution in [3.05, 3.63) is 72.3 Å². The van der Waals surface area contributed by atoms with E-state index < -0.39 is 67.7 Å². The summed E-state index contributed by atoms with van der Waals surface area (Å²) in [6.45, 7) is 1.54. The molecule has 0 bridgehead atoms. The molecule has 2 N–H and O–H groups in total. The number of fused-ring (bicyclic) bond motifs is 5. The number of carbonyl (C=O) groups is 4. The lowest BCUT2D eigenvalue weighted by Crippen LogP contribution is -2.52. The average Bonchev–Trinajstić information content (AvgIpc) is 3.99. The number of methoxy groups -OCH3 is 1. The highest BCUT2D eigenvalue weighted by Crippen LogP contribution is 2.57. The van der Waals surface area contributed by atoms with E-state index in [4.69, 9.17) is 14.5 Å². The molecule has 58 heavy (non-hydrogen) atoms. The maximum atomic E-state index is 14.7. The number of halogens is 1. The summed E-state index contributed by atoms with van der Waals surface area (Å²) < 4.78 is 55.9. The summed E-state index contributed by atoms with van der Waals surface area (Å²) in [7, 11) is -0.777. The van der Waals surface area contributed by atoms with Crippen LogP contribution < -0.4 is 19.5 Å². The number of Topliss-reactive ketones (excluding diaryl/α,β-unsaturated/α-hetero) is 1. The second kappa shape index (κ2) is 15.1. The molecule has 16 heteroatoms.